The molecule has 2 aliphatic rings. The zero-order chi connectivity index (χ0) is 18.9. The van der Waals surface area contributed by atoms with E-state index in [2.05, 4.69) is 10.6 Å². The summed E-state index contributed by atoms with van der Waals surface area (Å²) in [4.78, 5) is 26.1. The molecule has 2 heterocycles. The summed E-state index contributed by atoms with van der Waals surface area (Å²) in [5, 5.41) is 6.00. The monoisotopic (exact) mass is 405 g/mol. The Labute approximate surface area is 162 Å². The van der Waals surface area contributed by atoms with Crippen molar-refractivity contribution in [3.05, 3.63) is 35.4 Å². The molecule has 5 nitrogen and oxygen atoms in total. The highest BCUT2D eigenvalue weighted by Gasteiger charge is 2.36. The van der Waals surface area contributed by atoms with E-state index in [1.54, 1.807) is 11.9 Å². The molecule has 2 amide bonds. The van der Waals surface area contributed by atoms with Crippen molar-refractivity contribution in [1.82, 2.24) is 15.5 Å². The first kappa shape index (κ1) is 21.5. The van der Waals surface area contributed by atoms with Crippen molar-refractivity contribution in [3.8, 4) is 0 Å². The topological polar surface area (TPSA) is 61.4 Å². The second-order valence-corrected chi connectivity index (χ2v) is 7.03. The van der Waals surface area contributed by atoms with Crippen molar-refractivity contribution in [2.75, 3.05) is 13.6 Å². The van der Waals surface area contributed by atoms with Crippen molar-refractivity contribution < 1.29 is 22.8 Å². The molecule has 0 aromatic heterocycles. The normalized spacial score (nSPS) is 24.1. The van der Waals surface area contributed by atoms with Crippen LogP contribution in [-0.2, 0) is 11.0 Å². The van der Waals surface area contributed by atoms with Crippen LogP contribution in [-0.4, -0.2) is 48.4 Å². The first-order chi connectivity index (χ1) is 12.2. The molecule has 2 atom stereocenters. The molecule has 2 bridgehead atoms. The summed E-state index contributed by atoms with van der Waals surface area (Å²) in [6.07, 6.45) is -0.360. The van der Waals surface area contributed by atoms with Crippen LogP contribution < -0.4 is 10.6 Å². The number of amides is 2. The van der Waals surface area contributed by atoms with Crippen molar-refractivity contribution >= 4 is 24.2 Å². The van der Waals surface area contributed by atoms with Crippen LogP contribution in [0.25, 0.3) is 0 Å². The van der Waals surface area contributed by atoms with E-state index in [0.717, 1.165) is 49.9 Å². The van der Waals surface area contributed by atoms with E-state index in [4.69, 9.17) is 0 Å². The van der Waals surface area contributed by atoms with Crippen LogP contribution in [0, 0.1) is 0 Å². The number of likely N-dealkylation sites (N-methyl/N-ethyl adjacent to an activating group) is 1. The number of carbonyl (C=O) groups is 2. The summed E-state index contributed by atoms with van der Waals surface area (Å²) in [5.41, 5.74) is -0.723. The van der Waals surface area contributed by atoms with Crippen molar-refractivity contribution in [1.29, 1.82) is 0 Å². The highest BCUT2D eigenvalue weighted by molar-refractivity contribution is 5.96. The summed E-state index contributed by atoms with van der Waals surface area (Å²) in [6, 6.07) is 4.99. The standard InChI is InChI=1S/C18H22F3N3O2.ClH/c1-24(15-8-13-6-7-14(9-15)23-13)16(25)10-22-17(26)11-2-4-12(5-3-11)18(19,20)21;/h2-5,13-15,23H,6-10H2,1H3,(H,22,26);1H. The molecule has 0 radical (unpaired) electrons. The lowest BCUT2D eigenvalue weighted by molar-refractivity contribution is -0.137. The number of halogens is 4. The van der Waals surface area contributed by atoms with Gasteiger partial charge in [0, 0.05) is 30.7 Å². The fourth-order valence-corrected chi connectivity index (χ4v) is 3.74. The van der Waals surface area contributed by atoms with Crippen LogP contribution in [0.2, 0.25) is 0 Å². The van der Waals surface area contributed by atoms with Gasteiger partial charge in [0.05, 0.1) is 12.1 Å². The molecule has 0 spiro atoms. The molecule has 150 valence electrons. The van der Waals surface area contributed by atoms with Gasteiger partial charge in [0.15, 0.2) is 0 Å². The summed E-state index contributed by atoms with van der Waals surface area (Å²) in [6.45, 7) is -0.171. The third-order valence-electron chi connectivity index (χ3n) is 5.26. The van der Waals surface area contributed by atoms with Crippen LogP contribution >= 0.6 is 12.4 Å². The van der Waals surface area contributed by atoms with E-state index in [9.17, 15) is 22.8 Å². The first-order valence-electron chi connectivity index (χ1n) is 8.71. The average molecular weight is 406 g/mol. The molecule has 2 N–H and O–H groups in total. The SMILES string of the molecule is CN(C(=O)CNC(=O)c1ccc(C(F)(F)F)cc1)C1CC2CCC(C1)N2.Cl. The van der Waals surface area contributed by atoms with Gasteiger partial charge in [0.1, 0.15) is 0 Å². The number of nitrogens with one attached hydrogen (secondary N) is 2. The van der Waals surface area contributed by atoms with Gasteiger partial charge in [0.25, 0.3) is 5.91 Å². The summed E-state index contributed by atoms with van der Waals surface area (Å²) in [5.74, 6) is -0.762. The van der Waals surface area contributed by atoms with Gasteiger partial charge in [-0.15, -0.1) is 12.4 Å². The minimum absolute atomic E-state index is 0. The number of piperidine rings is 1. The number of carbonyl (C=O) groups excluding carboxylic acids is 2. The van der Waals surface area contributed by atoms with Crippen LogP contribution in [0.5, 0.6) is 0 Å². The number of alkyl halides is 3. The number of benzene rings is 1. The summed E-state index contributed by atoms with van der Waals surface area (Å²) in [7, 11) is 1.74. The van der Waals surface area contributed by atoms with E-state index in [1.807, 2.05) is 0 Å². The minimum Gasteiger partial charge on any atom is -0.343 e. The Balaban J connectivity index is 0.00000261. The summed E-state index contributed by atoms with van der Waals surface area (Å²) < 4.78 is 37.6. The van der Waals surface area contributed by atoms with Crippen LogP contribution in [0.3, 0.4) is 0 Å². The lowest BCUT2D eigenvalue weighted by Crippen LogP contribution is -2.50. The fraction of sp³-hybridized carbons (Fsp3) is 0.556. The maximum Gasteiger partial charge on any atom is 0.416 e. The lowest BCUT2D eigenvalue weighted by Gasteiger charge is -2.35. The predicted molar refractivity (Wildman–Crippen MR) is 96.8 cm³/mol. The Morgan fingerprint density at radius 1 is 1.15 bits per heavy atom. The maximum atomic E-state index is 12.5. The van der Waals surface area contributed by atoms with E-state index in [-0.39, 0.29) is 36.5 Å². The van der Waals surface area contributed by atoms with Crippen molar-refractivity contribution in [2.45, 2.75) is 50.0 Å². The highest BCUT2D eigenvalue weighted by Crippen LogP contribution is 2.30. The molecule has 9 heteroatoms. The number of nitrogens with zero attached hydrogens (tertiary/aromatic N) is 1. The second-order valence-electron chi connectivity index (χ2n) is 7.03. The van der Waals surface area contributed by atoms with Gasteiger partial charge < -0.3 is 15.5 Å². The molecular weight excluding hydrogens is 383 g/mol. The van der Waals surface area contributed by atoms with Crippen LogP contribution in [0.15, 0.2) is 24.3 Å². The van der Waals surface area contributed by atoms with Gasteiger partial charge in [-0.05, 0) is 49.9 Å². The lowest BCUT2D eigenvalue weighted by atomic mass is 9.98. The van der Waals surface area contributed by atoms with Gasteiger partial charge in [-0.2, -0.15) is 13.2 Å². The van der Waals surface area contributed by atoms with E-state index < -0.39 is 17.6 Å². The van der Waals surface area contributed by atoms with Gasteiger partial charge in [0.2, 0.25) is 5.91 Å². The maximum absolute atomic E-state index is 12.5. The Bertz CT molecular complexity index is 669. The fourth-order valence-electron chi connectivity index (χ4n) is 3.74. The second kappa shape index (κ2) is 8.48. The number of hydrogen-bond donors (Lipinski definition) is 2. The van der Waals surface area contributed by atoms with E-state index >= 15 is 0 Å². The van der Waals surface area contributed by atoms with Gasteiger partial charge in [-0.25, -0.2) is 0 Å². The smallest absolute Gasteiger partial charge is 0.343 e. The molecule has 2 unspecified atom stereocenters. The molecule has 3 rings (SSSR count). The van der Waals surface area contributed by atoms with E-state index in [0.29, 0.717) is 12.1 Å². The van der Waals surface area contributed by atoms with Crippen LogP contribution in [0.1, 0.15) is 41.6 Å². The third-order valence-corrected chi connectivity index (χ3v) is 5.26. The van der Waals surface area contributed by atoms with Crippen molar-refractivity contribution in [2.24, 2.45) is 0 Å². The molecule has 27 heavy (non-hydrogen) atoms. The Kier molecular flexibility index (Phi) is 6.75. The zero-order valence-electron chi connectivity index (χ0n) is 14.9. The minimum atomic E-state index is -4.44. The van der Waals surface area contributed by atoms with Crippen LogP contribution in [0.4, 0.5) is 13.2 Å². The number of fused-ring (bicyclic) bond motifs is 2. The predicted octanol–water partition coefficient (Wildman–Crippen LogP) is 2.60. The Morgan fingerprint density at radius 3 is 2.22 bits per heavy atom. The van der Waals surface area contributed by atoms with E-state index in [1.165, 1.54) is 0 Å². The molecule has 1 aromatic carbocycles. The molecule has 2 fully saturated rings. The zero-order valence-corrected chi connectivity index (χ0v) is 15.7. The molecule has 0 aliphatic carbocycles. The average Bonchev–Trinajstić information content (AvgIpc) is 2.95. The molecule has 0 saturated carbocycles. The molecule has 2 saturated heterocycles. The quantitative estimate of drug-likeness (QED) is 0.809. The molecular formula is C18H23ClF3N3O2. The third kappa shape index (κ3) is 5.13. The first-order valence-corrected chi connectivity index (χ1v) is 8.71. The Morgan fingerprint density at radius 2 is 1.70 bits per heavy atom. The molecule has 2 aliphatic heterocycles. The highest BCUT2D eigenvalue weighted by atomic mass is 35.5. The largest absolute Gasteiger partial charge is 0.416 e. The molecule has 1 aromatic rings. The number of rotatable bonds is 4. The van der Waals surface area contributed by atoms with Gasteiger partial charge in [-0.3, -0.25) is 9.59 Å². The van der Waals surface area contributed by atoms with Gasteiger partial charge in [-0.1, -0.05) is 0 Å². The van der Waals surface area contributed by atoms with Gasteiger partial charge >= 0.3 is 6.18 Å². The number of hydrogen-bond acceptors (Lipinski definition) is 3. The van der Waals surface area contributed by atoms with Crippen molar-refractivity contribution in [3.63, 3.8) is 0 Å². The summed E-state index contributed by atoms with van der Waals surface area (Å²) >= 11 is 0. The Hall–Kier alpha value is -1.80.